The summed E-state index contributed by atoms with van der Waals surface area (Å²) in [5.41, 5.74) is 0. The smallest absolute Gasteiger partial charge is 0.246 e. The predicted molar refractivity (Wildman–Crippen MR) is 78.4 cm³/mol. The molecule has 20 heavy (non-hydrogen) atoms. The average molecular weight is 323 g/mol. The second-order valence-electron chi connectivity index (χ2n) is 4.35. The van der Waals surface area contributed by atoms with E-state index in [9.17, 15) is 8.42 Å². The Kier molecular flexibility index (Phi) is 5.64. The first-order valence-corrected chi connectivity index (χ1v) is 7.35. The number of hydrogen-bond acceptors (Lipinski definition) is 5. The molecule has 1 aliphatic rings. The van der Waals surface area contributed by atoms with Crippen LogP contribution in [-0.2, 0) is 10.0 Å². The summed E-state index contributed by atoms with van der Waals surface area (Å²) in [5, 5.41) is 3.05. The third-order valence-corrected chi connectivity index (χ3v) is 5.23. The molecule has 6 nitrogen and oxygen atoms in total. The van der Waals surface area contributed by atoms with E-state index >= 15 is 0 Å². The summed E-state index contributed by atoms with van der Waals surface area (Å²) in [6.45, 7) is 1.34. The van der Waals surface area contributed by atoms with Crippen molar-refractivity contribution in [1.82, 2.24) is 9.62 Å². The van der Waals surface area contributed by atoms with Crippen molar-refractivity contribution < 1.29 is 17.9 Å². The highest BCUT2D eigenvalue weighted by atomic mass is 35.5. The molecular weight excluding hydrogens is 304 g/mol. The van der Waals surface area contributed by atoms with Crippen LogP contribution in [0.2, 0.25) is 0 Å². The molecule has 0 saturated carbocycles. The molecule has 114 valence electrons. The van der Waals surface area contributed by atoms with Gasteiger partial charge in [0.2, 0.25) is 10.0 Å². The molecule has 0 aromatic heterocycles. The molecule has 1 N–H and O–H groups in total. The molecule has 0 bridgehead atoms. The first-order chi connectivity index (χ1) is 9.00. The van der Waals surface area contributed by atoms with Crippen molar-refractivity contribution in [2.24, 2.45) is 0 Å². The molecule has 1 aromatic rings. The van der Waals surface area contributed by atoms with E-state index in [0.717, 1.165) is 0 Å². The monoisotopic (exact) mass is 322 g/mol. The second kappa shape index (κ2) is 6.62. The molecule has 0 atom stereocenters. The molecule has 1 aromatic carbocycles. The molecule has 1 aliphatic heterocycles. The van der Waals surface area contributed by atoms with Crippen LogP contribution in [0.3, 0.4) is 0 Å². The average Bonchev–Trinajstić information content (AvgIpc) is 2.35. The summed E-state index contributed by atoms with van der Waals surface area (Å²) in [6, 6.07) is 4.74. The van der Waals surface area contributed by atoms with Gasteiger partial charge < -0.3 is 14.8 Å². The zero-order valence-corrected chi connectivity index (χ0v) is 13.3. The highest BCUT2D eigenvalue weighted by Gasteiger charge is 2.33. The van der Waals surface area contributed by atoms with Crippen LogP contribution in [0.5, 0.6) is 11.5 Å². The first kappa shape index (κ1) is 17.0. The quantitative estimate of drug-likeness (QED) is 0.865. The van der Waals surface area contributed by atoms with E-state index in [1.54, 1.807) is 19.2 Å². The van der Waals surface area contributed by atoms with Crippen molar-refractivity contribution >= 4 is 22.4 Å². The van der Waals surface area contributed by atoms with E-state index < -0.39 is 10.0 Å². The Hall–Kier alpha value is -1.02. The number of benzene rings is 1. The molecule has 1 saturated heterocycles. The fourth-order valence-electron chi connectivity index (χ4n) is 1.87. The number of nitrogens with zero attached hydrogens (tertiary/aromatic N) is 1. The standard InChI is InChI=1S/C12H18N2O4S.ClH/c1-14(9-7-13-8-9)19(15,16)12-6-10(17-2)4-5-11(12)18-3;/h4-6,9,13H,7-8H2,1-3H3;1H. The summed E-state index contributed by atoms with van der Waals surface area (Å²) in [4.78, 5) is 0.128. The molecule has 0 aliphatic carbocycles. The SMILES string of the molecule is COc1ccc(OC)c(S(=O)(=O)N(C)C2CNC2)c1.Cl. The number of likely N-dealkylation sites (N-methyl/N-ethyl adjacent to an activating group) is 1. The summed E-state index contributed by atoms with van der Waals surface area (Å²) in [5.74, 6) is 0.805. The molecule has 0 unspecified atom stereocenters. The first-order valence-electron chi connectivity index (χ1n) is 5.91. The van der Waals surface area contributed by atoms with Crippen LogP contribution < -0.4 is 14.8 Å². The molecule has 1 heterocycles. The van der Waals surface area contributed by atoms with Crippen molar-refractivity contribution in [3.8, 4) is 11.5 Å². The van der Waals surface area contributed by atoms with Gasteiger partial charge in [-0.15, -0.1) is 12.4 Å². The van der Waals surface area contributed by atoms with Gasteiger partial charge in [0.25, 0.3) is 0 Å². The molecule has 0 radical (unpaired) electrons. The lowest BCUT2D eigenvalue weighted by molar-refractivity contribution is 0.273. The largest absolute Gasteiger partial charge is 0.497 e. The van der Waals surface area contributed by atoms with Gasteiger partial charge in [0.15, 0.2) is 0 Å². The Morgan fingerprint density at radius 1 is 1.25 bits per heavy atom. The van der Waals surface area contributed by atoms with E-state index in [1.807, 2.05) is 0 Å². The summed E-state index contributed by atoms with van der Waals surface area (Å²) in [7, 11) is 0.945. The van der Waals surface area contributed by atoms with E-state index in [2.05, 4.69) is 5.32 Å². The Labute approximate surface area is 125 Å². The van der Waals surface area contributed by atoms with Gasteiger partial charge in [-0.25, -0.2) is 8.42 Å². The van der Waals surface area contributed by atoms with Gasteiger partial charge in [0.05, 0.1) is 14.2 Å². The van der Waals surface area contributed by atoms with Crippen LogP contribution in [0.15, 0.2) is 23.1 Å². The number of halogens is 1. The van der Waals surface area contributed by atoms with Crippen LogP contribution in [0.4, 0.5) is 0 Å². The van der Waals surface area contributed by atoms with Crippen LogP contribution in [0.1, 0.15) is 0 Å². The zero-order valence-electron chi connectivity index (χ0n) is 11.6. The van der Waals surface area contributed by atoms with Crippen LogP contribution >= 0.6 is 12.4 Å². The van der Waals surface area contributed by atoms with Crippen LogP contribution in [0, 0.1) is 0 Å². The van der Waals surface area contributed by atoms with Crippen molar-refractivity contribution in [3.05, 3.63) is 18.2 Å². The fourth-order valence-corrected chi connectivity index (χ4v) is 3.39. The van der Waals surface area contributed by atoms with Crippen molar-refractivity contribution in [2.75, 3.05) is 34.4 Å². The number of ether oxygens (including phenoxy) is 2. The maximum absolute atomic E-state index is 12.6. The Morgan fingerprint density at radius 2 is 1.90 bits per heavy atom. The lowest BCUT2D eigenvalue weighted by Crippen LogP contribution is -2.57. The van der Waals surface area contributed by atoms with Crippen LogP contribution in [0.25, 0.3) is 0 Å². The van der Waals surface area contributed by atoms with Gasteiger partial charge >= 0.3 is 0 Å². The van der Waals surface area contributed by atoms with E-state index in [0.29, 0.717) is 24.6 Å². The lowest BCUT2D eigenvalue weighted by Gasteiger charge is -2.34. The second-order valence-corrected chi connectivity index (χ2v) is 6.32. The van der Waals surface area contributed by atoms with Gasteiger partial charge in [-0.3, -0.25) is 0 Å². The minimum Gasteiger partial charge on any atom is -0.497 e. The Morgan fingerprint density at radius 3 is 2.35 bits per heavy atom. The fraction of sp³-hybridized carbons (Fsp3) is 0.500. The molecule has 2 rings (SSSR count). The van der Waals surface area contributed by atoms with Gasteiger partial charge in [-0.05, 0) is 12.1 Å². The number of rotatable bonds is 5. The maximum atomic E-state index is 12.6. The van der Waals surface area contributed by atoms with Crippen molar-refractivity contribution in [2.45, 2.75) is 10.9 Å². The molecule has 0 amide bonds. The number of hydrogen-bond donors (Lipinski definition) is 1. The van der Waals surface area contributed by atoms with Gasteiger partial charge in [0, 0.05) is 32.2 Å². The van der Waals surface area contributed by atoms with Crippen LogP contribution in [-0.4, -0.2) is 53.1 Å². The normalized spacial score (nSPS) is 15.4. The van der Waals surface area contributed by atoms with Gasteiger partial charge in [-0.1, -0.05) is 0 Å². The summed E-state index contributed by atoms with van der Waals surface area (Å²) >= 11 is 0. The summed E-state index contributed by atoms with van der Waals surface area (Å²) < 4.78 is 36.7. The maximum Gasteiger partial charge on any atom is 0.246 e. The minimum atomic E-state index is -3.59. The predicted octanol–water partition coefficient (Wildman–Crippen LogP) is 0.718. The van der Waals surface area contributed by atoms with Gasteiger partial charge in [0.1, 0.15) is 16.4 Å². The molecular formula is C12H19ClN2O4S. The number of methoxy groups -OCH3 is 2. The van der Waals surface area contributed by atoms with Gasteiger partial charge in [-0.2, -0.15) is 4.31 Å². The van der Waals surface area contributed by atoms with E-state index in [4.69, 9.17) is 9.47 Å². The molecule has 0 spiro atoms. The molecule has 8 heteroatoms. The Balaban J connectivity index is 0.00000200. The third-order valence-electron chi connectivity index (χ3n) is 3.30. The topological polar surface area (TPSA) is 67.9 Å². The third kappa shape index (κ3) is 3.01. The molecule has 1 fully saturated rings. The van der Waals surface area contributed by atoms with E-state index in [-0.39, 0.29) is 23.3 Å². The minimum absolute atomic E-state index is 0. The summed E-state index contributed by atoms with van der Waals surface area (Å²) in [6.07, 6.45) is 0. The number of nitrogens with one attached hydrogen (secondary N) is 1. The van der Waals surface area contributed by atoms with Crippen molar-refractivity contribution in [1.29, 1.82) is 0 Å². The highest BCUT2D eigenvalue weighted by molar-refractivity contribution is 7.89. The Bertz CT molecular complexity index is 561. The van der Waals surface area contributed by atoms with E-state index in [1.165, 1.54) is 24.6 Å². The lowest BCUT2D eigenvalue weighted by atomic mass is 10.2. The highest BCUT2D eigenvalue weighted by Crippen LogP contribution is 2.31. The van der Waals surface area contributed by atoms with Crippen molar-refractivity contribution in [3.63, 3.8) is 0 Å². The number of sulfonamides is 1. The zero-order chi connectivity index (χ0) is 14.0.